The second-order valence-corrected chi connectivity index (χ2v) is 10.0. The summed E-state index contributed by atoms with van der Waals surface area (Å²) in [7, 11) is 0. The minimum Gasteiger partial charge on any atom is -0.478 e. The lowest BCUT2D eigenvalue weighted by Gasteiger charge is -2.15. The first kappa shape index (κ1) is 28.5. The SMILES string of the molecule is CCCCCCCCCCCCCCCC(=O)OC(C)c1cccc2nc3c(C(=O)O)cccc3nc12. The summed E-state index contributed by atoms with van der Waals surface area (Å²) in [6.07, 6.45) is 16.5. The summed E-state index contributed by atoms with van der Waals surface area (Å²) in [6.45, 7) is 4.10. The molecule has 0 aliphatic heterocycles. The van der Waals surface area contributed by atoms with Gasteiger partial charge in [-0.15, -0.1) is 0 Å². The summed E-state index contributed by atoms with van der Waals surface area (Å²) in [6, 6.07) is 10.4. The number of rotatable bonds is 17. The van der Waals surface area contributed by atoms with Crippen LogP contribution in [0.4, 0.5) is 0 Å². The highest BCUT2D eigenvalue weighted by Crippen LogP contribution is 2.27. The average Bonchev–Trinajstić information content (AvgIpc) is 2.89. The van der Waals surface area contributed by atoms with Gasteiger partial charge in [-0.05, 0) is 31.5 Å². The standard InChI is InChI=1S/C31H42N2O4/c1-3-4-5-6-7-8-9-10-11-12-13-14-15-22-28(34)37-23(2)24-18-16-20-26-29(24)32-27-21-17-19-25(31(35)36)30(27)33-26/h16-21,23H,3-15,22H2,1-2H3,(H,35,36). The van der Waals surface area contributed by atoms with Gasteiger partial charge in [-0.25, -0.2) is 14.8 Å². The first-order valence-corrected chi connectivity index (χ1v) is 14.1. The molecule has 6 heteroatoms. The highest BCUT2D eigenvalue weighted by Gasteiger charge is 2.18. The Balaban J connectivity index is 1.40. The van der Waals surface area contributed by atoms with Crippen LogP contribution in [0.2, 0.25) is 0 Å². The minimum atomic E-state index is -1.04. The van der Waals surface area contributed by atoms with E-state index >= 15 is 0 Å². The second-order valence-electron chi connectivity index (χ2n) is 10.0. The molecule has 0 radical (unpaired) electrons. The summed E-state index contributed by atoms with van der Waals surface area (Å²) < 4.78 is 5.72. The van der Waals surface area contributed by atoms with Gasteiger partial charge < -0.3 is 9.84 Å². The van der Waals surface area contributed by atoms with Crippen LogP contribution in [0.15, 0.2) is 36.4 Å². The molecule has 3 rings (SSSR count). The minimum absolute atomic E-state index is 0.120. The van der Waals surface area contributed by atoms with E-state index in [0.717, 1.165) is 18.4 Å². The third-order valence-corrected chi connectivity index (χ3v) is 6.99. The number of hydrogen-bond acceptors (Lipinski definition) is 5. The number of hydrogen-bond donors (Lipinski definition) is 1. The third kappa shape index (κ3) is 8.80. The number of carbonyl (C=O) groups excluding carboxylic acids is 1. The number of carboxylic acids is 1. The van der Waals surface area contributed by atoms with Crippen molar-refractivity contribution >= 4 is 34.0 Å². The van der Waals surface area contributed by atoms with Crippen molar-refractivity contribution in [1.82, 2.24) is 9.97 Å². The molecule has 0 saturated carbocycles. The molecule has 3 aromatic rings. The van der Waals surface area contributed by atoms with Crippen LogP contribution in [0.1, 0.15) is 126 Å². The van der Waals surface area contributed by atoms with Crippen LogP contribution in [0.5, 0.6) is 0 Å². The van der Waals surface area contributed by atoms with E-state index in [-0.39, 0.29) is 11.5 Å². The van der Waals surface area contributed by atoms with Crippen molar-refractivity contribution in [2.45, 2.75) is 110 Å². The predicted molar refractivity (Wildman–Crippen MR) is 149 cm³/mol. The molecule has 1 heterocycles. The zero-order valence-corrected chi connectivity index (χ0v) is 22.5. The van der Waals surface area contributed by atoms with E-state index in [1.54, 1.807) is 18.2 Å². The highest BCUT2D eigenvalue weighted by atomic mass is 16.5. The third-order valence-electron chi connectivity index (χ3n) is 6.99. The molecule has 1 atom stereocenters. The molecule has 1 N–H and O–H groups in total. The molecule has 0 bridgehead atoms. The van der Waals surface area contributed by atoms with Gasteiger partial charge in [0.1, 0.15) is 11.6 Å². The van der Waals surface area contributed by atoms with Gasteiger partial charge in [0.05, 0.1) is 22.1 Å². The number of aromatic nitrogens is 2. The summed E-state index contributed by atoms with van der Waals surface area (Å²) in [5, 5.41) is 9.46. The molecule has 0 fully saturated rings. The highest BCUT2D eigenvalue weighted by molar-refractivity contribution is 6.02. The molecular formula is C31H42N2O4. The number of esters is 1. The van der Waals surface area contributed by atoms with Gasteiger partial charge in [0, 0.05) is 12.0 Å². The zero-order chi connectivity index (χ0) is 26.5. The monoisotopic (exact) mass is 506 g/mol. The van der Waals surface area contributed by atoms with Gasteiger partial charge in [0.2, 0.25) is 0 Å². The average molecular weight is 507 g/mol. The van der Waals surface area contributed by atoms with E-state index in [1.165, 1.54) is 76.7 Å². The molecule has 0 aliphatic rings. The number of benzene rings is 2. The fraction of sp³-hybridized carbons (Fsp3) is 0.548. The van der Waals surface area contributed by atoms with Crippen LogP contribution in [0.25, 0.3) is 22.1 Å². The lowest BCUT2D eigenvalue weighted by atomic mass is 10.0. The van der Waals surface area contributed by atoms with Gasteiger partial charge in [0.15, 0.2) is 0 Å². The molecule has 0 spiro atoms. The molecular weight excluding hydrogens is 464 g/mol. The number of carbonyl (C=O) groups is 2. The van der Waals surface area contributed by atoms with Gasteiger partial charge >= 0.3 is 11.9 Å². The molecule has 1 unspecified atom stereocenters. The molecule has 2 aromatic carbocycles. The molecule has 6 nitrogen and oxygen atoms in total. The smallest absolute Gasteiger partial charge is 0.337 e. The number of fused-ring (bicyclic) bond motifs is 2. The zero-order valence-electron chi connectivity index (χ0n) is 22.5. The Labute approximate surface area is 220 Å². The number of unbranched alkanes of at least 4 members (excludes halogenated alkanes) is 12. The molecule has 37 heavy (non-hydrogen) atoms. The summed E-state index contributed by atoms with van der Waals surface area (Å²) in [4.78, 5) is 33.3. The Morgan fingerprint density at radius 3 is 1.86 bits per heavy atom. The van der Waals surface area contributed by atoms with E-state index in [4.69, 9.17) is 4.74 Å². The van der Waals surface area contributed by atoms with Crippen molar-refractivity contribution in [2.75, 3.05) is 0 Å². The maximum absolute atomic E-state index is 12.5. The quantitative estimate of drug-likeness (QED) is 0.112. The van der Waals surface area contributed by atoms with Crippen molar-refractivity contribution in [1.29, 1.82) is 0 Å². The first-order valence-electron chi connectivity index (χ1n) is 14.1. The predicted octanol–water partition coefficient (Wildman–Crippen LogP) is 8.57. The van der Waals surface area contributed by atoms with Crippen LogP contribution in [0, 0.1) is 0 Å². The Hall–Kier alpha value is -3.02. The summed E-state index contributed by atoms with van der Waals surface area (Å²) in [5.41, 5.74) is 2.95. The van der Waals surface area contributed by atoms with Crippen LogP contribution >= 0.6 is 0 Å². The number of nitrogens with zero attached hydrogens (tertiary/aromatic N) is 2. The fourth-order valence-corrected chi connectivity index (χ4v) is 4.85. The van der Waals surface area contributed by atoms with Gasteiger partial charge in [0.25, 0.3) is 0 Å². The number of para-hydroxylation sites is 2. The summed E-state index contributed by atoms with van der Waals surface area (Å²) >= 11 is 0. The number of aromatic carboxylic acids is 1. The van der Waals surface area contributed by atoms with Crippen LogP contribution < -0.4 is 0 Å². The van der Waals surface area contributed by atoms with Crippen molar-refractivity contribution in [3.05, 3.63) is 47.5 Å². The normalized spacial score (nSPS) is 12.2. The van der Waals surface area contributed by atoms with Crippen molar-refractivity contribution in [2.24, 2.45) is 0 Å². The van der Waals surface area contributed by atoms with Gasteiger partial charge in [-0.2, -0.15) is 0 Å². The number of ether oxygens (including phenoxy) is 1. The lowest BCUT2D eigenvalue weighted by Crippen LogP contribution is -2.10. The van der Waals surface area contributed by atoms with Gasteiger partial charge in [-0.1, -0.05) is 102 Å². The number of carboxylic acid groups (broad SMARTS) is 1. The Kier molecular flexibility index (Phi) is 11.8. The van der Waals surface area contributed by atoms with Crippen LogP contribution in [0.3, 0.4) is 0 Å². The van der Waals surface area contributed by atoms with E-state index in [2.05, 4.69) is 16.9 Å². The largest absolute Gasteiger partial charge is 0.478 e. The van der Waals surface area contributed by atoms with Crippen molar-refractivity contribution in [3.8, 4) is 0 Å². The Bertz CT molecular complexity index is 1160. The molecule has 200 valence electrons. The van der Waals surface area contributed by atoms with E-state index in [0.29, 0.717) is 28.5 Å². The first-order chi connectivity index (χ1) is 18.0. The Morgan fingerprint density at radius 2 is 1.27 bits per heavy atom. The van der Waals surface area contributed by atoms with Crippen molar-refractivity contribution < 1.29 is 19.4 Å². The fourth-order valence-electron chi connectivity index (χ4n) is 4.85. The second kappa shape index (κ2) is 15.3. The van der Waals surface area contributed by atoms with E-state index in [1.807, 2.05) is 19.1 Å². The molecule has 0 aliphatic carbocycles. The molecule has 1 aromatic heterocycles. The Morgan fingerprint density at radius 1 is 0.757 bits per heavy atom. The molecule has 0 amide bonds. The molecule has 0 saturated heterocycles. The maximum atomic E-state index is 12.5. The summed E-state index contributed by atoms with van der Waals surface area (Å²) in [5.74, 6) is -1.24. The van der Waals surface area contributed by atoms with Crippen molar-refractivity contribution in [3.63, 3.8) is 0 Å². The van der Waals surface area contributed by atoms with Crippen LogP contribution in [-0.2, 0) is 9.53 Å². The van der Waals surface area contributed by atoms with E-state index < -0.39 is 12.1 Å². The van der Waals surface area contributed by atoms with Crippen LogP contribution in [-0.4, -0.2) is 27.0 Å². The lowest BCUT2D eigenvalue weighted by molar-refractivity contribution is -0.148. The van der Waals surface area contributed by atoms with E-state index in [9.17, 15) is 14.7 Å². The topological polar surface area (TPSA) is 89.4 Å². The van der Waals surface area contributed by atoms with Gasteiger partial charge in [-0.3, -0.25) is 4.79 Å². The maximum Gasteiger partial charge on any atom is 0.337 e.